The summed E-state index contributed by atoms with van der Waals surface area (Å²) in [6, 6.07) is 8.41. The smallest absolute Gasteiger partial charge is 0.408 e. The second-order valence-corrected chi connectivity index (χ2v) is 5.95. The van der Waals surface area contributed by atoms with Crippen molar-refractivity contribution in [2.24, 2.45) is 0 Å². The highest BCUT2D eigenvalue weighted by atomic mass is 16.6. The fraction of sp³-hybridized carbons (Fsp3) is 0.412. The van der Waals surface area contributed by atoms with E-state index in [2.05, 4.69) is 17.2 Å². The van der Waals surface area contributed by atoms with E-state index in [1.54, 1.807) is 20.8 Å². The lowest BCUT2D eigenvalue weighted by molar-refractivity contribution is -0.123. The monoisotopic (exact) mass is 320 g/mol. The molecule has 1 aromatic carbocycles. The van der Waals surface area contributed by atoms with Crippen LogP contribution in [-0.2, 0) is 20.8 Å². The largest absolute Gasteiger partial charge is 0.499 e. The molecule has 1 aromatic rings. The Morgan fingerprint density at radius 3 is 2.35 bits per heavy atom. The molecule has 0 aliphatic rings. The van der Waals surface area contributed by atoms with Gasteiger partial charge in [0.1, 0.15) is 11.4 Å². The fourth-order valence-corrected chi connectivity index (χ4v) is 1.72. The molecule has 2 amide bonds. The van der Waals surface area contributed by atoms with Crippen molar-refractivity contribution in [3.63, 3.8) is 0 Å². The van der Waals surface area contributed by atoms with Gasteiger partial charge in [0.05, 0.1) is 7.11 Å². The molecule has 0 saturated carbocycles. The quantitative estimate of drug-likeness (QED) is 0.789. The lowest BCUT2D eigenvalue weighted by atomic mass is 10.2. The number of hydrogen-bond donors (Lipinski definition) is 2. The van der Waals surface area contributed by atoms with Crippen molar-refractivity contribution >= 4 is 12.0 Å². The summed E-state index contributed by atoms with van der Waals surface area (Å²) in [6.07, 6.45) is -0.712. The SMILES string of the molecule is C=C(OC)[C@@H](NC(=O)OC(C)(C)C)C(=O)NCc1ccccc1. The van der Waals surface area contributed by atoms with E-state index in [4.69, 9.17) is 9.47 Å². The highest BCUT2D eigenvalue weighted by molar-refractivity contribution is 5.88. The summed E-state index contributed by atoms with van der Waals surface area (Å²) >= 11 is 0. The molecule has 1 atom stereocenters. The molecule has 0 aliphatic heterocycles. The van der Waals surface area contributed by atoms with Gasteiger partial charge in [-0.05, 0) is 26.3 Å². The summed E-state index contributed by atoms with van der Waals surface area (Å²) in [6.45, 7) is 9.20. The zero-order valence-corrected chi connectivity index (χ0v) is 14.0. The number of hydrogen-bond acceptors (Lipinski definition) is 4. The van der Waals surface area contributed by atoms with Gasteiger partial charge in [0.2, 0.25) is 0 Å². The maximum Gasteiger partial charge on any atom is 0.408 e. The zero-order valence-electron chi connectivity index (χ0n) is 14.0. The van der Waals surface area contributed by atoms with Crippen LogP contribution in [0.3, 0.4) is 0 Å². The van der Waals surface area contributed by atoms with E-state index in [1.807, 2.05) is 30.3 Å². The number of carbonyl (C=O) groups is 2. The first-order valence-corrected chi connectivity index (χ1v) is 7.27. The molecule has 0 saturated heterocycles. The number of rotatable bonds is 6. The summed E-state index contributed by atoms with van der Waals surface area (Å²) in [4.78, 5) is 24.2. The van der Waals surface area contributed by atoms with Crippen molar-refractivity contribution < 1.29 is 19.1 Å². The lowest BCUT2D eigenvalue weighted by Gasteiger charge is -2.23. The van der Waals surface area contributed by atoms with E-state index in [0.717, 1.165) is 5.56 Å². The molecule has 2 N–H and O–H groups in total. The Balaban J connectivity index is 2.67. The summed E-state index contributed by atoms with van der Waals surface area (Å²) in [5.41, 5.74) is 0.281. The number of methoxy groups -OCH3 is 1. The Labute approximate surface area is 136 Å². The topological polar surface area (TPSA) is 76.7 Å². The third kappa shape index (κ3) is 6.86. The first kappa shape index (κ1) is 18.5. The molecule has 0 fully saturated rings. The molecule has 0 unspecified atom stereocenters. The normalized spacial score (nSPS) is 12.0. The average Bonchev–Trinajstić information content (AvgIpc) is 2.49. The molecular weight excluding hydrogens is 296 g/mol. The first-order chi connectivity index (χ1) is 10.7. The van der Waals surface area contributed by atoms with Gasteiger partial charge in [-0.25, -0.2) is 4.79 Å². The third-order valence-electron chi connectivity index (χ3n) is 2.82. The molecule has 0 radical (unpaired) electrons. The van der Waals surface area contributed by atoms with Crippen molar-refractivity contribution in [2.45, 2.75) is 39.0 Å². The first-order valence-electron chi connectivity index (χ1n) is 7.27. The van der Waals surface area contributed by atoms with Gasteiger partial charge in [-0.2, -0.15) is 0 Å². The summed E-state index contributed by atoms with van der Waals surface area (Å²) in [7, 11) is 1.39. The van der Waals surface area contributed by atoms with E-state index >= 15 is 0 Å². The highest BCUT2D eigenvalue weighted by Crippen LogP contribution is 2.09. The van der Waals surface area contributed by atoms with Crippen LogP contribution in [0.1, 0.15) is 26.3 Å². The number of alkyl carbamates (subject to hydrolysis) is 1. The summed E-state index contributed by atoms with van der Waals surface area (Å²) in [5.74, 6) is -0.298. The number of carbonyl (C=O) groups excluding carboxylic acids is 2. The number of nitrogens with one attached hydrogen (secondary N) is 2. The van der Waals surface area contributed by atoms with Crippen LogP contribution >= 0.6 is 0 Å². The molecule has 1 rings (SSSR count). The number of benzene rings is 1. The van der Waals surface area contributed by atoms with Gasteiger partial charge in [0.25, 0.3) is 5.91 Å². The van der Waals surface area contributed by atoms with Crippen molar-refractivity contribution in [1.82, 2.24) is 10.6 Å². The van der Waals surface area contributed by atoms with Crippen molar-refractivity contribution in [3.05, 3.63) is 48.2 Å². The Kier molecular flexibility index (Phi) is 6.63. The molecular formula is C17H24N2O4. The maximum atomic E-state index is 12.3. The third-order valence-corrected chi connectivity index (χ3v) is 2.82. The van der Waals surface area contributed by atoms with E-state index in [0.29, 0.717) is 6.54 Å². The zero-order chi connectivity index (χ0) is 17.5. The Morgan fingerprint density at radius 1 is 1.22 bits per heavy atom. The second kappa shape index (κ2) is 8.22. The summed E-state index contributed by atoms with van der Waals surface area (Å²) in [5, 5.41) is 5.19. The van der Waals surface area contributed by atoms with Crippen LogP contribution in [0, 0.1) is 0 Å². The molecule has 0 aromatic heterocycles. The highest BCUT2D eigenvalue weighted by Gasteiger charge is 2.27. The van der Waals surface area contributed by atoms with Crippen molar-refractivity contribution in [1.29, 1.82) is 0 Å². The van der Waals surface area contributed by atoms with Crippen LogP contribution in [-0.4, -0.2) is 30.8 Å². The van der Waals surface area contributed by atoms with E-state index in [1.165, 1.54) is 7.11 Å². The lowest BCUT2D eigenvalue weighted by Crippen LogP contribution is -2.49. The van der Waals surface area contributed by atoms with Crippen LogP contribution in [0.15, 0.2) is 42.7 Å². The van der Waals surface area contributed by atoms with Gasteiger partial charge >= 0.3 is 6.09 Å². The van der Waals surface area contributed by atoms with Gasteiger partial charge in [-0.1, -0.05) is 36.9 Å². The second-order valence-electron chi connectivity index (χ2n) is 5.95. The molecule has 6 heteroatoms. The van der Waals surface area contributed by atoms with Crippen molar-refractivity contribution in [2.75, 3.05) is 7.11 Å². The van der Waals surface area contributed by atoms with Crippen LogP contribution in [0.5, 0.6) is 0 Å². The standard InChI is InChI=1S/C17H24N2O4/c1-12(22-5)14(19-16(21)23-17(2,3)4)15(20)18-11-13-9-7-6-8-10-13/h6-10,14H,1,11H2,2-5H3,(H,18,20)(H,19,21)/t14-/m1/s1. The average molecular weight is 320 g/mol. The number of amides is 2. The molecule has 0 heterocycles. The minimum Gasteiger partial charge on any atom is -0.499 e. The molecule has 126 valence electrons. The minimum atomic E-state index is -1.03. The predicted molar refractivity (Wildman–Crippen MR) is 87.6 cm³/mol. The molecule has 6 nitrogen and oxygen atoms in total. The summed E-state index contributed by atoms with van der Waals surface area (Å²) < 4.78 is 10.1. The molecule has 0 aliphatic carbocycles. The Bertz CT molecular complexity index is 549. The Morgan fingerprint density at radius 2 is 1.83 bits per heavy atom. The van der Waals surface area contributed by atoms with E-state index in [-0.39, 0.29) is 5.76 Å². The predicted octanol–water partition coefficient (Wildman–Crippen LogP) is 2.36. The van der Waals surface area contributed by atoms with Gasteiger partial charge in [0.15, 0.2) is 6.04 Å². The van der Waals surface area contributed by atoms with Crippen LogP contribution in [0.25, 0.3) is 0 Å². The maximum absolute atomic E-state index is 12.3. The van der Waals surface area contributed by atoms with Gasteiger partial charge in [0, 0.05) is 6.54 Å². The van der Waals surface area contributed by atoms with Gasteiger partial charge in [-0.15, -0.1) is 0 Å². The van der Waals surface area contributed by atoms with Crippen LogP contribution in [0.2, 0.25) is 0 Å². The van der Waals surface area contributed by atoms with E-state index < -0.39 is 23.6 Å². The van der Waals surface area contributed by atoms with Gasteiger partial charge < -0.3 is 20.1 Å². The van der Waals surface area contributed by atoms with Crippen molar-refractivity contribution in [3.8, 4) is 0 Å². The van der Waals surface area contributed by atoms with Crippen LogP contribution < -0.4 is 10.6 Å². The van der Waals surface area contributed by atoms with E-state index in [9.17, 15) is 9.59 Å². The number of ether oxygens (including phenoxy) is 2. The minimum absolute atomic E-state index is 0.126. The van der Waals surface area contributed by atoms with Gasteiger partial charge in [-0.3, -0.25) is 4.79 Å². The fourth-order valence-electron chi connectivity index (χ4n) is 1.72. The Hall–Kier alpha value is -2.50. The molecule has 0 bridgehead atoms. The molecule has 23 heavy (non-hydrogen) atoms. The van der Waals surface area contributed by atoms with Crippen LogP contribution in [0.4, 0.5) is 4.79 Å². The molecule has 0 spiro atoms.